The number of aromatic nitrogens is 4. The van der Waals surface area contributed by atoms with Crippen LogP contribution in [0, 0.1) is 17.5 Å². The number of hydrogen-bond donors (Lipinski definition) is 1. The first kappa shape index (κ1) is 12.7. The Morgan fingerprint density at radius 2 is 2.15 bits per heavy atom. The lowest BCUT2D eigenvalue weighted by Crippen LogP contribution is -1.99. The highest BCUT2D eigenvalue weighted by molar-refractivity contribution is 7.71. The third kappa shape index (κ3) is 2.14. The van der Waals surface area contributed by atoms with Gasteiger partial charge in [-0.05, 0) is 55.0 Å². The number of pyridine rings is 1. The van der Waals surface area contributed by atoms with E-state index in [1.807, 2.05) is 12.1 Å². The molecule has 0 atom stereocenters. The second-order valence-electron chi connectivity index (χ2n) is 4.36. The Morgan fingerprint density at radius 1 is 1.30 bits per heavy atom. The van der Waals surface area contributed by atoms with Gasteiger partial charge in [-0.3, -0.25) is 14.6 Å². The fourth-order valence-corrected chi connectivity index (χ4v) is 2.23. The average molecular weight is 286 g/mol. The molecule has 0 unspecified atom stereocenters. The molecule has 0 aliphatic heterocycles. The van der Waals surface area contributed by atoms with Crippen LogP contribution in [-0.2, 0) is 0 Å². The lowest BCUT2D eigenvalue weighted by molar-refractivity contribution is 0.618. The first-order chi connectivity index (χ1) is 9.66. The summed E-state index contributed by atoms with van der Waals surface area (Å²) in [4.78, 5) is 4.08. The molecule has 100 valence electrons. The highest BCUT2D eigenvalue weighted by atomic mass is 32.1. The van der Waals surface area contributed by atoms with Crippen molar-refractivity contribution >= 4 is 12.2 Å². The molecule has 0 fully saturated rings. The van der Waals surface area contributed by atoms with E-state index in [1.54, 1.807) is 36.0 Å². The predicted molar refractivity (Wildman–Crippen MR) is 76.7 cm³/mol. The molecule has 2 aromatic heterocycles. The third-order valence-corrected chi connectivity index (χ3v) is 3.27. The number of hydrogen-bond acceptors (Lipinski definition) is 3. The van der Waals surface area contributed by atoms with Crippen LogP contribution in [0.3, 0.4) is 0 Å². The van der Waals surface area contributed by atoms with Crippen molar-refractivity contribution in [2.24, 2.45) is 0 Å². The molecule has 0 amide bonds. The fourth-order valence-electron chi connectivity index (χ4n) is 1.99. The highest BCUT2D eigenvalue weighted by Gasteiger charge is 2.11. The average Bonchev–Trinajstić information content (AvgIpc) is 2.85. The van der Waals surface area contributed by atoms with E-state index in [-0.39, 0.29) is 5.82 Å². The zero-order valence-corrected chi connectivity index (χ0v) is 11.5. The molecule has 0 bridgehead atoms. The summed E-state index contributed by atoms with van der Waals surface area (Å²) in [5, 5.41) is 6.99. The highest BCUT2D eigenvalue weighted by Crippen LogP contribution is 2.21. The second kappa shape index (κ2) is 4.97. The van der Waals surface area contributed by atoms with Crippen LogP contribution < -0.4 is 0 Å². The molecule has 0 saturated carbocycles. The van der Waals surface area contributed by atoms with Crippen LogP contribution in [-0.4, -0.2) is 19.7 Å². The maximum Gasteiger partial charge on any atom is 0.200 e. The molecule has 0 spiro atoms. The van der Waals surface area contributed by atoms with Gasteiger partial charge in [0.25, 0.3) is 0 Å². The molecule has 1 N–H and O–H groups in total. The zero-order valence-electron chi connectivity index (χ0n) is 10.7. The van der Waals surface area contributed by atoms with Gasteiger partial charge in [0.1, 0.15) is 5.82 Å². The van der Waals surface area contributed by atoms with Crippen molar-refractivity contribution in [3.8, 4) is 17.1 Å². The summed E-state index contributed by atoms with van der Waals surface area (Å²) in [6.07, 6.45) is 3.40. The molecule has 0 radical (unpaired) electrons. The Hall–Kier alpha value is -2.34. The Balaban J connectivity index is 2.22. The number of nitrogens with one attached hydrogen (secondary N) is 1. The van der Waals surface area contributed by atoms with Gasteiger partial charge in [0, 0.05) is 18.0 Å². The topological polar surface area (TPSA) is 46.5 Å². The summed E-state index contributed by atoms with van der Waals surface area (Å²) in [6.45, 7) is 1.71. The van der Waals surface area contributed by atoms with Crippen LogP contribution in [0.4, 0.5) is 4.39 Å². The van der Waals surface area contributed by atoms with E-state index >= 15 is 0 Å². The van der Waals surface area contributed by atoms with Gasteiger partial charge in [-0.25, -0.2) is 4.39 Å². The quantitative estimate of drug-likeness (QED) is 0.734. The first-order valence-electron chi connectivity index (χ1n) is 6.01. The van der Waals surface area contributed by atoms with Crippen molar-refractivity contribution in [1.82, 2.24) is 19.7 Å². The van der Waals surface area contributed by atoms with E-state index in [0.717, 1.165) is 11.3 Å². The minimum Gasteiger partial charge on any atom is -0.268 e. The monoisotopic (exact) mass is 286 g/mol. The van der Waals surface area contributed by atoms with Crippen molar-refractivity contribution in [2.75, 3.05) is 0 Å². The normalized spacial score (nSPS) is 10.7. The van der Waals surface area contributed by atoms with Gasteiger partial charge in [-0.2, -0.15) is 5.10 Å². The molecule has 3 rings (SSSR count). The number of aromatic amines is 1. The van der Waals surface area contributed by atoms with E-state index in [4.69, 9.17) is 12.2 Å². The van der Waals surface area contributed by atoms with Crippen molar-refractivity contribution in [3.05, 3.63) is 58.9 Å². The molecule has 4 nitrogen and oxygen atoms in total. The van der Waals surface area contributed by atoms with Crippen LogP contribution in [0.1, 0.15) is 5.56 Å². The molecule has 0 aliphatic rings. The van der Waals surface area contributed by atoms with Gasteiger partial charge in [0.15, 0.2) is 10.6 Å². The van der Waals surface area contributed by atoms with Gasteiger partial charge in [0.05, 0.1) is 5.69 Å². The van der Waals surface area contributed by atoms with Gasteiger partial charge < -0.3 is 0 Å². The summed E-state index contributed by atoms with van der Waals surface area (Å²) in [5.41, 5.74) is 2.16. The molecule has 0 saturated heterocycles. The summed E-state index contributed by atoms with van der Waals surface area (Å²) in [7, 11) is 0. The van der Waals surface area contributed by atoms with Crippen molar-refractivity contribution in [2.45, 2.75) is 6.92 Å². The Morgan fingerprint density at radius 3 is 2.85 bits per heavy atom. The molecular formula is C14H11FN4S. The number of halogens is 1. The van der Waals surface area contributed by atoms with E-state index in [1.165, 1.54) is 6.07 Å². The smallest absolute Gasteiger partial charge is 0.200 e. The first-order valence-corrected chi connectivity index (χ1v) is 6.42. The van der Waals surface area contributed by atoms with E-state index < -0.39 is 0 Å². The third-order valence-electron chi connectivity index (χ3n) is 2.99. The summed E-state index contributed by atoms with van der Waals surface area (Å²) < 4.78 is 15.6. The SMILES string of the molecule is Cc1cc(-n2c(-c3cccnc3)n[nH]c2=S)ccc1F. The Kier molecular flexibility index (Phi) is 3.15. The fraction of sp³-hybridized carbons (Fsp3) is 0.0714. The Bertz CT molecular complexity index is 808. The van der Waals surface area contributed by atoms with Gasteiger partial charge >= 0.3 is 0 Å². The number of rotatable bonds is 2. The number of aryl methyl sites for hydroxylation is 1. The maximum atomic E-state index is 13.4. The van der Waals surface area contributed by atoms with Crippen LogP contribution in [0.15, 0.2) is 42.7 Å². The summed E-state index contributed by atoms with van der Waals surface area (Å²) in [5.74, 6) is 0.404. The molecule has 6 heteroatoms. The molecule has 1 aromatic carbocycles. The molecule has 2 heterocycles. The summed E-state index contributed by atoms with van der Waals surface area (Å²) in [6, 6.07) is 8.55. The van der Waals surface area contributed by atoms with E-state index in [9.17, 15) is 4.39 Å². The predicted octanol–water partition coefficient (Wildman–Crippen LogP) is 3.44. The van der Waals surface area contributed by atoms with Gasteiger partial charge in [-0.1, -0.05) is 0 Å². The largest absolute Gasteiger partial charge is 0.268 e. The second-order valence-corrected chi connectivity index (χ2v) is 4.75. The molecule has 3 aromatic rings. The minimum absolute atomic E-state index is 0.244. The minimum atomic E-state index is -0.244. The van der Waals surface area contributed by atoms with Crippen LogP contribution >= 0.6 is 12.2 Å². The van der Waals surface area contributed by atoms with Crippen LogP contribution in [0.2, 0.25) is 0 Å². The number of benzene rings is 1. The molecule has 0 aliphatic carbocycles. The zero-order chi connectivity index (χ0) is 14.1. The van der Waals surface area contributed by atoms with Gasteiger partial charge in [0.2, 0.25) is 0 Å². The van der Waals surface area contributed by atoms with E-state index in [2.05, 4.69) is 15.2 Å². The van der Waals surface area contributed by atoms with Crippen molar-refractivity contribution in [1.29, 1.82) is 0 Å². The van der Waals surface area contributed by atoms with E-state index in [0.29, 0.717) is 16.2 Å². The maximum absolute atomic E-state index is 13.4. The Labute approximate surface area is 119 Å². The van der Waals surface area contributed by atoms with Gasteiger partial charge in [-0.15, -0.1) is 0 Å². The van der Waals surface area contributed by atoms with Crippen LogP contribution in [0.25, 0.3) is 17.1 Å². The molecule has 20 heavy (non-hydrogen) atoms. The lowest BCUT2D eigenvalue weighted by atomic mass is 10.2. The van der Waals surface area contributed by atoms with Crippen molar-refractivity contribution < 1.29 is 4.39 Å². The standard InChI is InChI=1S/C14H11FN4S/c1-9-7-11(4-5-12(9)15)19-13(17-18-14(19)20)10-3-2-6-16-8-10/h2-8H,1H3,(H,18,20). The van der Waals surface area contributed by atoms with Crippen LogP contribution in [0.5, 0.6) is 0 Å². The lowest BCUT2D eigenvalue weighted by Gasteiger charge is -2.08. The van der Waals surface area contributed by atoms with Crippen molar-refractivity contribution in [3.63, 3.8) is 0 Å². The molecular weight excluding hydrogens is 275 g/mol. The number of H-pyrrole nitrogens is 1. The summed E-state index contributed by atoms with van der Waals surface area (Å²) >= 11 is 5.26. The number of nitrogens with zero attached hydrogens (tertiary/aromatic N) is 3.